The zero-order valence-corrected chi connectivity index (χ0v) is 10.0. The molecule has 1 N–H and O–H groups in total. The Bertz CT molecular complexity index is 628. The largest absolute Gasteiger partial charge is 0.476 e. The summed E-state index contributed by atoms with van der Waals surface area (Å²) in [6, 6.07) is 7.05. The van der Waals surface area contributed by atoms with Crippen LogP contribution >= 0.6 is 15.9 Å². The van der Waals surface area contributed by atoms with Crippen LogP contribution < -0.4 is 0 Å². The van der Waals surface area contributed by atoms with Crippen molar-refractivity contribution in [1.29, 1.82) is 5.26 Å². The van der Waals surface area contributed by atoms with E-state index in [1.54, 1.807) is 22.8 Å². The van der Waals surface area contributed by atoms with Crippen LogP contribution in [0.2, 0.25) is 0 Å². The third-order valence-corrected chi connectivity index (χ3v) is 2.79. The number of rotatable bonds is 2. The Labute approximate surface area is 105 Å². The van der Waals surface area contributed by atoms with Crippen molar-refractivity contribution in [2.75, 3.05) is 0 Å². The molecule has 5 nitrogen and oxygen atoms in total. The fourth-order valence-corrected chi connectivity index (χ4v) is 1.93. The summed E-state index contributed by atoms with van der Waals surface area (Å²) < 4.78 is 2.28. The number of hydrogen-bond acceptors (Lipinski definition) is 3. The molecule has 0 fully saturated rings. The maximum Gasteiger partial charge on any atom is 0.356 e. The molecule has 6 heteroatoms. The van der Waals surface area contributed by atoms with E-state index in [0.717, 1.165) is 5.69 Å². The van der Waals surface area contributed by atoms with Crippen molar-refractivity contribution in [2.45, 2.75) is 0 Å². The SMILES string of the molecule is N#Cc1ccc(-n2cnc(C(=O)O)c2)c(Br)c1. The number of carbonyl (C=O) groups is 1. The predicted octanol–water partition coefficient (Wildman–Crippen LogP) is 2.20. The third-order valence-electron chi connectivity index (χ3n) is 2.16. The van der Waals surface area contributed by atoms with Crippen molar-refractivity contribution in [2.24, 2.45) is 0 Å². The van der Waals surface area contributed by atoms with E-state index in [0.29, 0.717) is 10.0 Å². The Kier molecular flexibility index (Phi) is 2.93. The van der Waals surface area contributed by atoms with Gasteiger partial charge in [-0.2, -0.15) is 5.26 Å². The molecule has 0 aliphatic rings. The van der Waals surface area contributed by atoms with E-state index in [9.17, 15) is 4.79 Å². The Morgan fingerprint density at radius 3 is 2.82 bits per heavy atom. The molecule has 1 aromatic heterocycles. The number of halogens is 1. The van der Waals surface area contributed by atoms with Crippen LogP contribution in [0, 0.1) is 11.3 Å². The van der Waals surface area contributed by atoms with E-state index < -0.39 is 5.97 Å². The zero-order valence-electron chi connectivity index (χ0n) is 8.46. The summed E-state index contributed by atoms with van der Waals surface area (Å²) >= 11 is 3.32. The molecule has 0 unspecified atom stereocenters. The van der Waals surface area contributed by atoms with Gasteiger partial charge in [0.1, 0.15) is 6.33 Å². The van der Waals surface area contributed by atoms with E-state index in [2.05, 4.69) is 20.9 Å². The standard InChI is InChI=1S/C11H6BrN3O2/c12-8-3-7(4-13)1-2-10(8)15-5-9(11(16)17)14-6-15/h1-3,5-6H,(H,16,17). The van der Waals surface area contributed by atoms with Gasteiger partial charge in [0.05, 0.1) is 17.3 Å². The molecule has 1 aromatic carbocycles. The number of imidazole rings is 1. The average molecular weight is 292 g/mol. The third kappa shape index (κ3) is 2.19. The van der Waals surface area contributed by atoms with Crippen LogP contribution in [0.5, 0.6) is 0 Å². The summed E-state index contributed by atoms with van der Waals surface area (Å²) in [5.74, 6) is -1.08. The summed E-state index contributed by atoms with van der Waals surface area (Å²) in [6.45, 7) is 0. The van der Waals surface area contributed by atoms with Crippen molar-refractivity contribution in [3.05, 3.63) is 46.5 Å². The van der Waals surface area contributed by atoms with Gasteiger partial charge in [-0.05, 0) is 34.1 Å². The van der Waals surface area contributed by atoms with Gasteiger partial charge in [0.25, 0.3) is 0 Å². The molecular weight excluding hydrogens is 286 g/mol. The molecule has 2 rings (SSSR count). The first-order valence-corrected chi connectivity index (χ1v) is 5.38. The lowest BCUT2D eigenvalue weighted by molar-refractivity contribution is 0.0691. The van der Waals surface area contributed by atoms with Crippen molar-refractivity contribution in [3.63, 3.8) is 0 Å². The lowest BCUT2D eigenvalue weighted by Gasteiger charge is -2.04. The molecule has 0 aliphatic heterocycles. The number of hydrogen-bond donors (Lipinski definition) is 1. The lowest BCUT2D eigenvalue weighted by Crippen LogP contribution is -1.96. The van der Waals surface area contributed by atoms with Gasteiger partial charge in [-0.25, -0.2) is 9.78 Å². The summed E-state index contributed by atoms with van der Waals surface area (Å²) in [6.07, 6.45) is 2.82. The van der Waals surface area contributed by atoms with E-state index in [1.807, 2.05) is 6.07 Å². The Balaban J connectivity index is 2.46. The second-order valence-corrected chi connectivity index (χ2v) is 4.10. The highest BCUT2D eigenvalue weighted by Crippen LogP contribution is 2.22. The van der Waals surface area contributed by atoms with Crippen LogP contribution in [-0.4, -0.2) is 20.6 Å². The fourth-order valence-electron chi connectivity index (χ4n) is 1.35. The molecule has 0 aliphatic carbocycles. The maximum atomic E-state index is 10.7. The van der Waals surface area contributed by atoms with Gasteiger partial charge >= 0.3 is 5.97 Å². The van der Waals surface area contributed by atoms with Crippen LogP contribution in [0.1, 0.15) is 16.1 Å². The highest BCUT2D eigenvalue weighted by atomic mass is 79.9. The van der Waals surface area contributed by atoms with Crippen molar-refractivity contribution in [1.82, 2.24) is 9.55 Å². The van der Waals surface area contributed by atoms with Gasteiger partial charge < -0.3 is 9.67 Å². The molecule has 0 radical (unpaired) electrons. The number of benzene rings is 1. The van der Waals surface area contributed by atoms with Gasteiger partial charge in [-0.15, -0.1) is 0 Å². The van der Waals surface area contributed by atoms with Crippen LogP contribution in [-0.2, 0) is 0 Å². The highest BCUT2D eigenvalue weighted by Gasteiger charge is 2.09. The molecule has 0 saturated carbocycles. The monoisotopic (exact) mass is 291 g/mol. The Hall–Kier alpha value is -2.13. The molecule has 0 saturated heterocycles. The van der Waals surface area contributed by atoms with Crippen molar-refractivity contribution >= 4 is 21.9 Å². The molecule has 17 heavy (non-hydrogen) atoms. The first kappa shape index (κ1) is 11.4. The minimum atomic E-state index is -1.08. The molecule has 0 bridgehead atoms. The number of aromatic carboxylic acids is 1. The van der Waals surface area contributed by atoms with Gasteiger partial charge in [-0.1, -0.05) is 0 Å². The smallest absolute Gasteiger partial charge is 0.356 e. The summed E-state index contributed by atoms with van der Waals surface area (Å²) in [7, 11) is 0. The zero-order chi connectivity index (χ0) is 12.4. The molecule has 0 spiro atoms. The van der Waals surface area contributed by atoms with Crippen molar-refractivity contribution < 1.29 is 9.90 Å². The molecular formula is C11H6BrN3O2. The van der Waals surface area contributed by atoms with Crippen LogP contribution in [0.4, 0.5) is 0 Å². The van der Waals surface area contributed by atoms with Gasteiger partial charge in [0.2, 0.25) is 0 Å². The minimum Gasteiger partial charge on any atom is -0.476 e. The summed E-state index contributed by atoms with van der Waals surface area (Å²) in [5, 5.41) is 17.5. The molecule has 1 heterocycles. The average Bonchev–Trinajstić information content (AvgIpc) is 2.78. The first-order chi connectivity index (χ1) is 8.11. The topological polar surface area (TPSA) is 78.9 Å². The van der Waals surface area contributed by atoms with Gasteiger partial charge in [-0.3, -0.25) is 0 Å². The number of aromatic nitrogens is 2. The fraction of sp³-hybridized carbons (Fsp3) is 0. The molecule has 0 amide bonds. The van der Waals surface area contributed by atoms with Gasteiger partial charge in [0, 0.05) is 10.7 Å². The van der Waals surface area contributed by atoms with Crippen LogP contribution in [0.3, 0.4) is 0 Å². The maximum absolute atomic E-state index is 10.7. The lowest BCUT2D eigenvalue weighted by atomic mass is 10.2. The first-order valence-electron chi connectivity index (χ1n) is 4.59. The second kappa shape index (κ2) is 4.39. The van der Waals surface area contributed by atoms with E-state index >= 15 is 0 Å². The summed E-state index contributed by atoms with van der Waals surface area (Å²) in [4.78, 5) is 14.5. The number of nitriles is 1. The quantitative estimate of drug-likeness (QED) is 0.920. The Morgan fingerprint density at radius 2 is 2.29 bits per heavy atom. The van der Waals surface area contributed by atoms with Crippen LogP contribution in [0.25, 0.3) is 5.69 Å². The second-order valence-electron chi connectivity index (χ2n) is 3.25. The van der Waals surface area contributed by atoms with E-state index in [-0.39, 0.29) is 5.69 Å². The molecule has 2 aromatic rings. The number of nitrogens with zero attached hydrogens (tertiary/aromatic N) is 3. The predicted molar refractivity (Wildman–Crippen MR) is 62.9 cm³/mol. The van der Waals surface area contributed by atoms with E-state index in [1.165, 1.54) is 12.5 Å². The van der Waals surface area contributed by atoms with E-state index in [4.69, 9.17) is 10.4 Å². The minimum absolute atomic E-state index is 0.0266. The highest BCUT2D eigenvalue weighted by molar-refractivity contribution is 9.10. The normalized spacial score (nSPS) is 9.88. The molecule has 84 valence electrons. The van der Waals surface area contributed by atoms with Gasteiger partial charge in [0.15, 0.2) is 5.69 Å². The molecule has 0 atom stereocenters. The van der Waals surface area contributed by atoms with Crippen LogP contribution in [0.15, 0.2) is 35.2 Å². The number of carboxylic acids is 1. The summed E-state index contributed by atoms with van der Waals surface area (Å²) in [5.41, 5.74) is 1.23. The Morgan fingerprint density at radius 1 is 1.53 bits per heavy atom. The van der Waals surface area contributed by atoms with Crippen molar-refractivity contribution in [3.8, 4) is 11.8 Å². The number of carboxylic acid groups (broad SMARTS) is 1.